The van der Waals surface area contributed by atoms with E-state index in [9.17, 15) is 14.4 Å². The number of imide groups is 1. The Balaban J connectivity index is 2.28. The van der Waals surface area contributed by atoms with Gasteiger partial charge in [0, 0.05) is 6.04 Å². The summed E-state index contributed by atoms with van der Waals surface area (Å²) in [5, 5.41) is 8.42. The summed E-state index contributed by atoms with van der Waals surface area (Å²) in [6.07, 6.45) is 1.61. The molecule has 8 heteroatoms. The van der Waals surface area contributed by atoms with Crippen molar-refractivity contribution in [2.45, 2.75) is 26.8 Å². The lowest BCUT2D eigenvalue weighted by molar-refractivity contribution is -0.139. The monoisotopic (exact) mass is 365 g/mol. The van der Waals surface area contributed by atoms with Crippen molar-refractivity contribution in [1.82, 2.24) is 4.90 Å². The fourth-order valence-corrected chi connectivity index (χ4v) is 3.18. The summed E-state index contributed by atoms with van der Waals surface area (Å²) in [7, 11) is 0. The lowest BCUT2D eigenvalue weighted by Gasteiger charge is -2.16. The van der Waals surface area contributed by atoms with Crippen LogP contribution in [0.4, 0.5) is 4.79 Å². The summed E-state index contributed by atoms with van der Waals surface area (Å²) in [6, 6.07) is 4.68. The highest BCUT2D eigenvalue weighted by atomic mass is 32.2. The molecule has 0 radical (unpaired) electrons. The van der Waals surface area contributed by atoms with Gasteiger partial charge < -0.3 is 14.6 Å². The van der Waals surface area contributed by atoms with Gasteiger partial charge in [-0.2, -0.15) is 0 Å². The molecule has 0 saturated carbocycles. The normalized spacial score (nSPS) is 16.0. The van der Waals surface area contributed by atoms with Gasteiger partial charge in [-0.1, -0.05) is 6.07 Å². The largest absolute Gasteiger partial charge is 0.490 e. The van der Waals surface area contributed by atoms with E-state index < -0.39 is 12.6 Å². The third kappa shape index (κ3) is 4.54. The predicted octanol–water partition coefficient (Wildman–Crippen LogP) is 2.99. The third-order valence-corrected chi connectivity index (χ3v) is 4.14. The Labute approximate surface area is 149 Å². The number of carboxylic acids is 1. The number of rotatable bonds is 7. The molecule has 1 aromatic carbocycles. The van der Waals surface area contributed by atoms with Crippen LogP contribution < -0.4 is 9.47 Å². The van der Waals surface area contributed by atoms with Crippen LogP contribution in [0.15, 0.2) is 23.1 Å². The number of aliphatic carboxylic acids is 1. The molecule has 25 heavy (non-hydrogen) atoms. The van der Waals surface area contributed by atoms with Crippen molar-refractivity contribution in [3.63, 3.8) is 0 Å². The van der Waals surface area contributed by atoms with Crippen molar-refractivity contribution in [3.8, 4) is 11.5 Å². The zero-order valence-corrected chi connectivity index (χ0v) is 15.0. The zero-order valence-electron chi connectivity index (χ0n) is 14.1. The average Bonchev–Trinajstić information content (AvgIpc) is 2.80. The molecule has 7 nitrogen and oxygen atoms in total. The second-order valence-corrected chi connectivity index (χ2v) is 6.46. The quantitative estimate of drug-likeness (QED) is 0.742. The molecule has 0 bridgehead atoms. The number of thioether (sulfide) groups is 1. The fraction of sp³-hybridized carbons (Fsp3) is 0.353. The smallest absolute Gasteiger partial charge is 0.341 e. The average molecular weight is 365 g/mol. The lowest BCUT2D eigenvalue weighted by atomic mass is 10.1. The molecule has 1 aliphatic rings. The van der Waals surface area contributed by atoms with Crippen LogP contribution in [0.25, 0.3) is 6.08 Å². The van der Waals surface area contributed by atoms with Gasteiger partial charge in [0.2, 0.25) is 0 Å². The van der Waals surface area contributed by atoms with Crippen molar-refractivity contribution < 1.29 is 29.0 Å². The van der Waals surface area contributed by atoms with Gasteiger partial charge in [0.15, 0.2) is 18.1 Å². The topological polar surface area (TPSA) is 93.1 Å². The maximum Gasteiger partial charge on any atom is 0.341 e. The van der Waals surface area contributed by atoms with E-state index in [-0.39, 0.29) is 17.2 Å². The van der Waals surface area contributed by atoms with Crippen molar-refractivity contribution in [3.05, 3.63) is 28.7 Å². The summed E-state index contributed by atoms with van der Waals surface area (Å²) in [5.41, 5.74) is 0.653. The highest BCUT2D eigenvalue weighted by Gasteiger charge is 2.36. The number of hydrogen-bond donors (Lipinski definition) is 1. The first-order valence-electron chi connectivity index (χ1n) is 7.72. The minimum atomic E-state index is -1.09. The number of carbonyl (C=O) groups is 3. The van der Waals surface area contributed by atoms with E-state index in [0.717, 1.165) is 11.8 Å². The van der Waals surface area contributed by atoms with Crippen LogP contribution in [-0.2, 0) is 9.59 Å². The maximum absolute atomic E-state index is 12.3. The van der Waals surface area contributed by atoms with Gasteiger partial charge in [-0.3, -0.25) is 14.5 Å². The van der Waals surface area contributed by atoms with Crippen molar-refractivity contribution >= 4 is 35.0 Å². The molecular formula is C17H19NO6S. The van der Waals surface area contributed by atoms with E-state index in [4.69, 9.17) is 14.6 Å². The Hall–Kier alpha value is -2.48. The molecule has 0 aromatic heterocycles. The molecule has 2 rings (SSSR count). The number of benzene rings is 1. The minimum absolute atomic E-state index is 0.204. The van der Waals surface area contributed by atoms with Crippen LogP contribution in [0.1, 0.15) is 26.3 Å². The molecule has 1 fully saturated rings. The molecule has 1 aromatic rings. The Morgan fingerprint density at radius 3 is 2.56 bits per heavy atom. The molecular weight excluding hydrogens is 346 g/mol. The van der Waals surface area contributed by atoms with Gasteiger partial charge in [0.25, 0.3) is 11.1 Å². The molecule has 2 amide bonds. The van der Waals surface area contributed by atoms with Crippen molar-refractivity contribution in [1.29, 1.82) is 0 Å². The van der Waals surface area contributed by atoms with Crippen LogP contribution >= 0.6 is 11.8 Å². The summed E-state index contributed by atoms with van der Waals surface area (Å²) in [4.78, 5) is 36.4. The summed E-state index contributed by atoms with van der Waals surface area (Å²) >= 11 is 0.891. The molecule has 0 atom stereocenters. The van der Waals surface area contributed by atoms with Gasteiger partial charge in [-0.25, -0.2) is 4.79 Å². The zero-order chi connectivity index (χ0) is 18.6. The number of ether oxygens (including phenoxy) is 2. The SMILES string of the molecule is CCOc1cc(C=C2SC(=O)N(C(C)C)C2=O)ccc1OCC(=O)O. The first kappa shape index (κ1) is 18.9. The van der Waals surface area contributed by atoms with Crippen LogP contribution in [0, 0.1) is 0 Å². The number of carbonyl (C=O) groups excluding carboxylic acids is 2. The highest BCUT2D eigenvalue weighted by molar-refractivity contribution is 8.18. The Bertz CT molecular complexity index is 728. The van der Waals surface area contributed by atoms with Gasteiger partial charge in [0.05, 0.1) is 11.5 Å². The van der Waals surface area contributed by atoms with E-state index in [0.29, 0.717) is 28.6 Å². The van der Waals surface area contributed by atoms with Crippen molar-refractivity contribution in [2.24, 2.45) is 0 Å². The number of nitrogens with zero attached hydrogens (tertiary/aromatic N) is 1. The second kappa shape index (κ2) is 8.06. The Morgan fingerprint density at radius 2 is 2.00 bits per heavy atom. The van der Waals surface area contributed by atoms with Crippen LogP contribution in [0.2, 0.25) is 0 Å². The van der Waals surface area contributed by atoms with E-state index in [2.05, 4.69) is 0 Å². The molecule has 1 saturated heterocycles. The van der Waals surface area contributed by atoms with E-state index in [1.54, 1.807) is 45.0 Å². The number of carboxylic acid groups (broad SMARTS) is 1. The van der Waals surface area contributed by atoms with Crippen LogP contribution in [0.5, 0.6) is 11.5 Å². The van der Waals surface area contributed by atoms with Gasteiger partial charge in [0.1, 0.15) is 0 Å². The highest BCUT2D eigenvalue weighted by Crippen LogP contribution is 2.35. The number of amides is 2. The van der Waals surface area contributed by atoms with E-state index in [1.807, 2.05) is 0 Å². The van der Waals surface area contributed by atoms with E-state index >= 15 is 0 Å². The Kier molecular flexibility index (Phi) is 6.08. The summed E-state index contributed by atoms with van der Waals surface area (Å²) < 4.78 is 10.6. The van der Waals surface area contributed by atoms with Gasteiger partial charge >= 0.3 is 5.97 Å². The summed E-state index contributed by atoms with van der Waals surface area (Å²) in [6.45, 7) is 5.24. The Morgan fingerprint density at radius 1 is 1.28 bits per heavy atom. The third-order valence-electron chi connectivity index (χ3n) is 3.26. The van der Waals surface area contributed by atoms with Crippen molar-refractivity contribution in [2.75, 3.05) is 13.2 Å². The summed E-state index contributed by atoms with van der Waals surface area (Å²) in [5.74, 6) is -0.736. The molecule has 0 spiro atoms. The number of hydrogen-bond acceptors (Lipinski definition) is 6. The van der Waals surface area contributed by atoms with E-state index in [1.165, 1.54) is 4.90 Å². The first-order valence-corrected chi connectivity index (χ1v) is 8.53. The molecule has 0 aliphatic carbocycles. The lowest BCUT2D eigenvalue weighted by Crippen LogP contribution is -2.34. The van der Waals surface area contributed by atoms with Gasteiger partial charge in [-0.15, -0.1) is 0 Å². The standard InChI is InChI=1S/C17H19NO6S/c1-4-23-13-7-11(5-6-12(13)24-9-15(19)20)8-14-16(21)18(10(2)3)17(22)25-14/h5-8,10H,4,9H2,1-3H3,(H,19,20). The molecule has 0 unspecified atom stereocenters. The second-order valence-electron chi connectivity index (χ2n) is 5.47. The van der Waals surface area contributed by atoms with Crippen LogP contribution in [0.3, 0.4) is 0 Å². The molecule has 1 heterocycles. The van der Waals surface area contributed by atoms with Crippen LogP contribution in [-0.4, -0.2) is 46.4 Å². The maximum atomic E-state index is 12.3. The molecule has 1 aliphatic heterocycles. The molecule has 1 N–H and O–H groups in total. The van der Waals surface area contributed by atoms with Gasteiger partial charge in [-0.05, 0) is 56.3 Å². The fourth-order valence-electron chi connectivity index (χ4n) is 2.22. The molecule has 134 valence electrons. The minimum Gasteiger partial charge on any atom is -0.490 e. The first-order chi connectivity index (χ1) is 11.8. The predicted molar refractivity (Wildman–Crippen MR) is 93.7 cm³/mol.